The predicted molar refractivity (Wildman–Crippen MR) is 80.9 cm³/mol. The van der Waals surface area contributed by atoms with Crippen LogP contribution in [0.5, 0.6) is 0 Å². The third kappa shape index (κ3) is 3.27. The molecule has 11 heteroatoms. The van der Waals surface area contributed by atoms with Crippen molar-refractivity contribution in [1.29, 1.82) is 0 Å². The number of ketones is 2. The number of carboxylic acids is 1. The van der Waals surface area contributed by atoms with Crippen LogP contribution in [0.4, 0.5) is 4.79 Å². The SMILES string of the molecule is CC1=C(C(N)=O)C(=O)[C@H](CC(=O)O)C(=O)[C@@H]1C=C1C(=O)NC(=O)NC1=O. The average Bonchev–Trinajstić information content (AvgIpc) is 2.49. The summed E-state index contributed by atoms with van der Waals surface area (Å²) in [4.78, 5) is 82.0. The molecule has 26 heavy (non-hydrogen) atoms. The first-order valence-corrected chi connectivity index (χ1v) is 7.23. The Morgan fingerprint density at radius 3 is 2.12 bits per heavy atom. The normalized spacial score (nSPS) is 23.6. The van der Waals surface area contributed by atoms with Gasteiger partial charge in [0.25, 0.3) is 17.7 Å². The molecule has 1 aliphatic heterocycles. The number of carbonyl (C=O) groups excluding carboxylic acids is 6. The number of nitrogens with one attached hydrogen (secondary N) is 2. The van der Waals surface area contributed by atoms with Crippen LogP contribution in [-0.4, -0.2) is 46.4 Å². The molecule has 0 unspecified atom stereocenters. The van der Waals surface area contributed by atoms with Gasteiger partial charge in [-0.25, -0.2) is 4.79 Å². The minimum absolute atomic E-state index is 0.112. The second-order valence-electron chi connectivity index (χ2n) is 5.63. The minimum Gasteiger partial charge on any atom is -0.481 e. The van der Waals surface area contributed by atoms with Gasteiger partial charge in [-0.1, -0.05) is 6.08 Å². The van der Waals surface area contributed by atoms with E-state index in [2.05, 4.69) is 0 Å². The van der Waals surface area contributed by atoms with Crippen molar-refractivity contribution in [2.24, 2.45) is 17.6 Å². The largest absolute Gasteiger partial charge is 0.481 e. The maximum absolute atomic E-state index is 12.6. The predicted octanol–water partition coefficient (Wildman–Crippen LogP) is -2.06. The Morgan fingerprint density at radius 2 is 1.65 bits per heavy atom. The van der Waals surface area contributed by atoms with Crippen LogP contribution in [0.1, 0.15) is 13.3 Å². The van der Waals surface area contributed by atoms with Gasteiger partial charge in [-0.15, -0.1) is 0 Å². The Balaban J connectivity index is 2.57. The molecule has 5 amide bonds. The fourth-order valence-electron chi connectivity index (χ4n) is 2.77. The van der Waals surface area contributed by atoms with Gasteiger partial charge in [0.1, 0.15) is 5.57 Å². The first-order valence-electron chi connectivity index (χ1n) is 7.23. The number of primary amides is 1. The fraction of sp³-hybridized carbons (Fsp3) is 0.267. The van der Waals surface area contributed by atoms with Crippen LogP contribution < -0.4 is 16.4 Å². The van der Waals surface area contributed by atoms with E-state index >= 15 is 0 Å². The standard InChI is InChI=1S/C15H13N3O8/c1-4-5(2-7-13(24)17-15(26)18-14(7)25)10(21)6(3-8(19)20)11(22)9(4)12(16)23/h2,5-6H,3H2,1H3,(H2,16,23)(H,19,20)(H2,17,18,24,25,26)/t5-,6-/m1/s1. The lowest BCUT2D eigenvalue weighted by atomic mass is 9.73. The Morgan fingerprint density at radius 1 is 1.12 bits per heavy atom. The zero-order chi connectivity index (χ0) is 19.8. The number of nitrogens with two attached hydrogens (primary N) is 1. The number of rotatable bonds is 4. The van der Waals surface area contributed by atoms with Gasteiger partial charge in [-0.3, -0.25) is 39.4 Å². The van der Waals surface area contributed by atoms with E-state index in [1.165, 1.54) is 6.92 Å². The molecule has 11 nitrogen and oxygen atoms in total. The van der Waals surface area contributed by atoms with E-state index in [-0.39, 0.29) is 5.57 Å². The third-order valence-electron chi connectivity index (χ3n) is 3.98. The summed E-state index contributed by atoms with van der Waals surface area (Å²) in [5, 5.41) is 12.5. The van der Waals surface area contributed by atoms with Crippen LogP contribution >= 0.6 is 0 Å². The molecule has 0 bridgehead atoms. The van der Waals surface area contributed by atoms with Crippen molar-refractivity contribution in [3.8, 4) is 0 Å². The fourth-order valence-corrected chi connectivity index (χ4v) is 2.77. The van der Waals surface area contributed by atoms with E-state index in [0.717, 1.165) is 6.08 Å². The van der Waals surface area contributed by atoms with Gasteiger partial charge in [0.15, 0.2) is 11.6 Å². The molecule has 1 fully saturated rings. The van der Waals surface area contributed by atoms with E-state index in [0.29, 0.717) is 0 Å². The van der Waals surface area contributed by atoms with Gasteiger partial charge < -0.3 is 10.8 Å². The molecule has 1 heterocycles. The van der Waals surface area contributed by atoms with Crippen molar-refractivity contribution >= 4 is 41.3 Å². The maximum Gasteiger partial charge on any atom is 0.328 e. The number of allylic oxidation sites excluding steroid dienone is 2. The summed E-state index contributed by atoms with van der Waals surface area (Å²) in [6.45, 7) is 1.23. The second kappa shape index (κ2) is 6.70. The van der Waals surface area contributed by atoms with E-state index in [1.54, 1.807) is 0 Å². The Hall–Kier alpha value is -3.63. The van der Waals surface area contributed by atoms with Crippen LogP contribution in [0.3, 0.4) is 0 Å². The highest BCUT2D eigenvalue weighted by Gasteiger charge is 2.44. The van der Waals surface area contributed by atoms with Gasteiger partial charge in [0.05, 0.1) is 23.8 Å². The van der Waals surface area contributed by atoms with Crippen LogP contribution in [0.15, 0.2) is 22.8 Å². The molecule has 1 saturated heterocycles. The van der Waals surface area contributed by atoms with E-state index < -0.39 is 70.7 Å². The van der Waals surface area contributed by atoms with Gasteiger partial charge in [-0.2, -0.15) is 0 Å². The van der Waals surface area contributed by atoms with E-state index in [9.17, 15) is 33.6 Å². The Labute approximate surface area is 145 Å². The number of barbiturate groups is 1. The zero-order valence-corrected chi connectivity index (χ0v) is 13.3. The number of carbonyl (C=O) groups is 7. The van der Waals surface area contributed by atoms with Crippen molar-refractivity contribution in [1.82, 2.24) is 10.6 Å². The summed E-state index contributed by atoms with van der Waals surface area (Å²) >= 11 is 0. The highest BCUT2D eigenvalue weighted by Crippen LogP contribution is 2.32. The molecule has 1 aliphatic carbocycles. The van der Waals surface area contributed by atoms with Crippen LogP contribution in [0, 0.1) is 11.8 Å². The summed E-state index contributed by atoms with van der Waals surface area (Å²) in [5.74, 6) is -9.78. The zero-order valence-electron chi connectivity index (χ0n) is 13.3. The average molecular weight is 363 g/mol. The maximum atomic E-state index is 12.6. The molecule has 0 saturated carbocycles. The van der Waals surface area contributed by atoms with Crippen LogP contribution in [0.2, 0.25) is 0 Å². The van der Waals surface area contributed by atoms with Gasteiger partial charge >= 0.3 is 12.0 Å². The van der Waals surface area contributed by atoms with Crippen LogP contribution in [-0.2, 0) is 28.8 Å². The molecule has 2 aliphatic rings. The molecule has 5 N–H and O–H groups in total. The second-order valence-corrected chi connectivity index (χ2v) is 5.63. The van der Waals surface area contributed by atoms with Crippen molar-refractivity contribution in [3.05, 3.63) is 22.8 Å². The molecule has 2 rings (SSSR count). The van der Waals surface area contributed by atoms with Crippen LogP contribution in [0.25, 0.3) is 0 Å². The first-order chi connectivity index (χ1) is 12.0. The summed E-state index contributed by atoms with van der Waals surface area (Å²) in [6.07, 6.45) is -0.00270. The van der Waals surface area contributed by atoms with Crippen molar-refractivity contribution in [2.45, 2.75) is 13.3 Å². The molecular formula is C15H13N3O8. The number of hydrogen-bond donors (Lipinski definition) is 4. The molecule has 2 atom stereocenters. The number of aliphatic carboxylic acids is 1. The van der Waals surface area contributed by atoms with Crippen molar-refractivity contribution < 1.29 is 38.7 Å². The molecule has 0 aromatic heterocycles. The van der Waals surface area contributed by atoms with E-state index in [4.69, 9.17) is 10.8 Å². The first kappa shape index (κ1) is 18.7. The number of urea groups is 1. The minimum atomic E-state index is -1.68. The number of hydrogen-bond acceptors (Lipinski definition) is 7. The van der Waals surface area contributed by atoms with Gasteiger partial charge in [0.2, 0.25) is 0 Å². The lowest BCUT2D eigenvalue weighted by molar-refractivity contribution is -0.145. The molecule has 0 radical (unpaired) electrons. The van der Waals surface area contributed by atoms with Crippen molar-refractivity contribution in [3.63, 3.8) is 0 Å². The highest BCUT2D eigenvalue weighted by atomic mass is 16.4. The Bertz CT molecular complexity index is 829. The van der Waals surface area contributed by atoms with Gasteiger partial charge in [0, 0.05) is 0 Å². The molecular weight excluding hydrogens is 350 g/mol. The molecule has 0 spiro atoms. The summed E-state index contributed by atoms with van der Waals surface area (Å²) in [5.41, 5.74) is 3.90. The topological polar surface area (TPSA) is 190 Å². The molecule has 0 aromatic rings. The van der Waals surface area contributed by atoms with Gasteiger partial charge in [-0.05, 0) is 12.5 Å². The molecule has 136 valence electrons. The lowest BCUT2D eigenvalue weighted by Crippen LogP contribution is -2.52. The number of amides is 5. The summed E-state index contributed by atoms with van der Waals surface area (Å²) in [6, 6.07) is -1.05. The highest BCUT2D eigenvalue weighted by molar-refractivity contribution is 6.31. The number of imide groups is 2. The number of Topliss-reactive ketones (excluding diaryl/α,β-unsaturated/α-hetero) is 2. The summed E-state index contributed by atoms with van der Waals surface area (Å²) in [7, 11) is 0. The Kier molecular flexibility index (Phi) is 4.82. The van der Waals surface area contributed by atoms with Crippen molar-refractivity contribution in [2.75, 3.05) is 0 Å². The molecule has 0 aromatic carbocycles. The monoisotopic (exact) mass is 363 g/mol. The smallest absolute Gasteiger partial charge is 0.328 e. The third-order valence-corrected chi connectivity index (χ3v) is 3.98. The lowest BCUT2D eigenvalue weighted by Gasteiger charge is -2.27. The quantitative estimate of drug-likeness (QED) is 0.249. The van der Waals surface area contributed by atoms with E-state index in [1.807, 2.05) is 10.6 Å². The number of carboxylic acid groups (broad SMARTS) is 1. The summed E-state index contributed by atoms with van der Waals surface area (Å²) < 4.78 is 0.